The highest BCUT2D eigenvalue weighted by atomic mass is 16.5. The molecule has 3 heteroatoms. The van der Waals surface area contributed by atoms with Gasteiger partial charge in [0.15, 0.2) is 0 Å². The highest BCUT2D eigenvalue weighted by Gasteiger charge is 2.35. The third-order valence-corrected chi connectivity index (χ3v) is 4.34. The predicted molar refractivity (Wildman–Crippen MR) is 83.7 cm³/mol. The van der Waals surface area contributed by atoms with Gasteiger partial charge in [-0.25, -0.2) is 0 Å². The molecule has 3 nitrogen and oxygen atoms in total. The fraction of sp³-hybridized carbons (Fsp3) is 0.941. The van der Waals surface area contributed by atoms with E-state index in [1.165, 1.54) is 0 Å². The number of rotatable bonds is 6. The van der Waals surface area contributed by atoms with Gasteiger partial charge in [0.2, 0.25) is 5.91 Å². The van der Waals surface area contributed by atoms with Crippen LogP contribution in [0.15, 0.2) is 0 Å². The van der Waals surface area contributed by atoms with Gasteiger partial charge >= 0.3 is 0 Å². The van der Waals surface area contributed by atoms with E-state index in [1.54, 1.807) is 0 Å². The van der Waals surface area contributed by atoms with Crippen molar-refractivity contribution < 1.29 is 9.53 Å². The molecule has 2 atom stereocenters. The third kappa shape index (κ3) is 5.08. The van der Waals surface area contributed by atoms with Crippen LogP contribution >= 0.6 is 0 Å². The lowest BCUT2D eigenvalue weighted by Gasteiger charge is -2.31. The molecule has 0 aromatic rings. The largest absolute Gasteiger partial charge is 0.372 e. The SMILES string of the molecule is CCCC(C)(C)CN1CC(O[C@H](C)C(C)(C)C)CC1=O. The maximum Gasteiger partial charge on any atom is 0.225 e. The van der Waals surface area contributed by atoms with Crippen LogP contribution in [0.4, 0.5) is 0 Å². The molecule has 1 rings (SSSR count). The zero-order chi connectivity index (χ0) is 15.6. The van der Waals surface area contributed by atoms with Gasteiger partial charge in [0.1, 0.15) is 0 Å². The molecule has 0 aromatic carbocycles. The molecule has 0 aromatic heterocycles. The number of amides is 1. The first-order chi connectivity index (χ1) is 9.05. The first kappa shape index (κ1) is 17.5. The fourth-order valence-electron chi connectivity index (χ4n) is 2.75. The van der Waals surface area contributed by atoms with Gasteiger partial charge in [-0.2, -0.15) is 0 Å². The maximum absolute atomic E-state index is 12.1. The Kier molecular flexibility index (Phi) is 5.65. The van der Waals surface area contributed by atoms with E-state index in [0.29, 0.717) is 6.42 Å². The van der Waals surface area contributed by atoms with Crippen molar-refractivity contribution in [3.8, 4) is 0 Å². The topological polar surface area (TPSA) is 29.5 Å². The van der Waals surface area contributed by atoms with E-state index in [-0.39, 0.29) is 28.9 Å². The summed E-state index contributed by atoms with van der Waals surface area (Å²) in [6, 6.07) is 0. The van der Waals surface area contributed by atoms with Crippen LogP contribution in [0.5, 0.6) is 0 Å². The Labute approximate surface area is 125 Å². The lowest BCUT2D eigenvalue weighted by Crippen LogP contribution is -2.37. The van der Waals surface area contributed by atoms with Gasteiger partial charge in [0, 0.05) is 13.1 Å². The molecule has 0 aliphatic carbocycles. The number of nitrogens with zero attached hydrogens (tertiary/aromatic N) is 1. The summed E-state index contributed by atoms with van der Waals surface area (Å²) in [5.74, 6) is 0.250. The van der Waals surface area contributed by atoms with Crippen molar-refractivity contribution in [2.24, 2.45) is 10.8 Å². The van der Waals surface area contributed by atoms with Gasteiger partial charge < -0.3 is 9.64 Å². The molecule has 1 amide bonds. The average Bonchev–Trinajstić information content (AvgIpc) is 2.56. The molecule has 0 radical (unpaired) electrons. The molecule has 20 heavy (non-hydrogen) atoms. The third-order valence-electron chi connectivity index (χ3n) is 4.34. The Morgan fingerprint density at radius 2 is 1.90 bits per heavy atom. The van der Waals surface area contributed by atoms with Crippen LogP contribution in [-0.4, -0.2) is 36.1 Å². The summed E-state index contributed by atoms with van der Waals surface area (Å²) >= 11 is 0. The van der Waals surface area contributed by atoms with Crippen LogP contribution in [0, 0.1) is 10.8 Å². The van der Waals surface area contributed by atoms with Gasteiger partial charge in [-0.05, 0) is 24.2 Å². The summed E-state index contributed by atoms with van der Waals surface area (Å²) in [5, 5.41) is 0. The fourth-order valence-corrected chi connectivity index (χ4v) is 2.75. The van der Waals surface area contributed by atoms with E-state index < -0.39 is 0 Å². The summed E-state index contributed by atoms with van der Waals surface area (Å²) < 4.78 is 6.09. The molecule has 0 bridgehead atoms. The quantitative estimate of drug-likeness (QED) is 0.740. The molecule has 1 aliphatic rings. The zero-order valence-corrected chi connectivity index (χ0v) is 14.5. The van der Waals surface area contributed by atoms with E-state index >= 15 is 0 Å². The zero-order valence-electron chi connectivity index (χ0n) is 14.5. The minimum absolute atomic E-state index is 0.0640. The van der Waals surface area contributed by atoms with Crippen LogP contribution in [0.1, 0.15) is 67.7 Å². The number of ether oxygens (including phenoxy) is 1. The van der Waals surface area contributed by atoms with Crippen molar-refractivity contribution in [3.05, 3.63) is 0 Å². The molecule has 118 valence electrons. The first-order valence-corrected chi connectivity index (χ1v) is 7.98. The second-order valence-electron chi connectivity index (χ2n) is 8.16. The first-order valence-electron chi connectivity index (χ1n) is 7.98. The molecule has 1 heterocycles. The Balaban J connectivity index is 2.53. The smallest absolute Gasteiger partial charge is 0.225 e. The summed E-state index contributed by atoms with van der Waals surface area (Å²) in [5.41, 5.74) is 0.326. The number of hydrogen-bond acceptors (Lipinski definition) is 2. The monoisotopic (exact) mass is 283 g/mol. The Bertz CT molecular complexity index is 330. The van der Waals surface area contributed by atoms with Crippen LogP contribution in [-0.2, 0) is 9.53 Å². The number of likely N-dealkylation sites (tertiary alicyclic amines) is 1. The summed E-state index contributed by atoms with van der Waals surface area (Å²) in [7, 11) is 0. The summed E-state index contributed by atoms with van der Waals surface area (Å²) in [4.78, 5) is 14.1. The van der Waals surface area contributed by atoms with Gasteiger partial charge in [0.25, 0.3) is 0 Å². The van der Waals surface area contributed by atoms with Crippen LogP contribution < -0.4 is 0 Å². The van der Waals surface area contributed by atoms with E-state index in [2.05, 4.69) is 48.5 Å². The Hall–Kier alpha value is -0.570. The van der Waals surface area contributed by atoms with Crippen molar-refractivity contribution in [3.63, 3.8) is 0 Å². The molecule has 1 fully saturated rings. The van der Waals surface area contributed by atoms with Crippen molar-refractivity contribution in [2.45, 2.75) is 79.9 Å². The molecular formula is C17H33NO2. The van der Waals surface area contributed by atoms with Gasteiger partial charge in [-0.15, -0.1) is 0 Å². The standard InChI is InChI=1S/C17H33NO2/c1-8-9-17(6,7)12-18-11-14(10-15(18)19)20-13(2)16(3,4)5/h13-14H,8-12H2,1-7H3/t13-,14?/m1/s1. The number of carbonyl (C=O) groups excluding carboxylic acids is 1. The van der Waals surface area contributed by atoms with Crippen molar-refractivity contribution in [1.29, 1.82) is 0 Å². The summed E-state index contributed by atoms with van der Waals surface area (Å²) in [6.07, 6.45) is 3.09. The van der Waals surface area contributed by atoms with Gasteiger partial charge in [0.05, 0.1) is 18.6 Å². The van der Waals surface area contributed by atoms with Gasteiger partial charge in [-0.1, -0.05) is 48.0 Å². The Morgan fingerprint density at radius 1 is 1.30 bits per heavy atom. The molecule has 1 saturated heterocycles. The number of carbonyl (C=O) groups is 1. The van der Waals surface area contributed by atoms with E-state index in [9.17, 15) is 4.79 Å². The van der Waals surface area contributed by atoms with Crippen molar-refractivity contribution in [2.75, 3.05) is 13.1 Å². The maximum atomic E-state index is 12.1. The molecular weight excluding hydrogens is 250 g/mol. The second-order valence-corrected chi connectivity index (χ2v) is 8.16. The van der Waals surface area contributed by atoms with Crippen molar-refractivity contribution in [1.82, 2.24) is 4.90 Å². The Morgan fingerprint density at radius 3 is 2.40 bits per heavy atom. The van der Waals surface area contributed by atoms with Crippen LogP contribution in [0.25, 0.3) is 0 Å². The predicted octanol–water partition coefficient (Wildman–Crippen LogP) is 3.86. The summed E-state index contributed by atoms with van der Waals surface area (Å²) in [6.45, 7) is 16.9. The lowest BCUT2D eigenvalue weighted by molar-refractivity contribution is -0.129. The van der Waals surface area contributed by atoms with Crippen LogP contribution in [0.2, 0.25) is 0 Å². The van der Waals surface area contributed by atoms with E-state index in [4.69, 9.17) is 4.74 Å². The van der Waals surface area contributed by atoms with E-state index in [0.717, 1.165) is 25.9 Å². The number of hydrogen-bond donors (Lipinski definition) is 0. The minimum Gasteiger partial charge on any atom is -0.372 e. The average molecular weight is 283 g/mol. The second kappa shape index (κ2) is 6.46. The molecule has 0 spiro atoms. The highest BCUT2D eigenvalue weighted by molar-refractivity contribution is 5.79. The lowest BCUT2D eigenvalue weighted by atomic mass is 9.87. The van der Waals surface area contributed by atoms with E-state index in [1.807, 2.05) is 4.90 Å². The molecule has 0 saturated carbocycles. The highest BCUT2D eigenvalue weighted by Crippen LogP contribution is 2.29. The van der Waals surface area contributed by atoms with Gasteiger partial charge in [-0.3, -0.25) is 4.79 Å². The molecule has 1 unspecified atom stereocenters. The van der Waals surface area contributed by atoms with Crippen molar-refractivity contribution >= 4 is 5.91 Å². The molecule has 0 N–H and O–H groups in total. The van der Waals surface area contributed by atoms with Crippen LogP contribution in [0.3, 0.4) is 0 Å². The normalized spacial score (nSPS) is 22.4. The minimum atomic E-state index is 0.0640. The molecule has 1 aliphatic heterocycles.